The monoisotopic (exact) mass is 501 g/mol. The van der Waals surface area contributed by atoms with E-state index in [1.54, 1.807) is 49.8 Å². The van der Waals surface area contributed by atoms with Crippen LogP contribution >= 0.6 is 23.2 Å². The summed E-state index contributed by atoms with van der Waals surface area (Å²) in [6, 6.07) is 14.5. The van der Waals surface area contributed by atoms with Crippen molar-refractivity contribution >= 4 is 34.8 Å². The van der Waals surface area contributed by atoms with Crippen molar-refractivity contribution < 1.29 is 14.3 Å². The SMILES string of the molecule is CCN(CC)CCOc1ccc(N(C)C(=O)COc2ccc(-c3cccnc3)cc2Cl)cc1Cl. The summed E-state index contributed by atoms with van der Waals surface area (Å²) in [7, 11) is 1.67. The second-order valence-corrected chi connectivity index (χ2v) is 8.43. The van der Waals surface area contributed by atoms with Crippen LogP contribution in [-0.4, -0.2) is 55.7 Å². The van der Waals surface area contributed by atoms with Crippen LogP contribution in [0.1, 0.15) is 13.8 Å². The summed E-state index contributed by atoms with van der Waals surface area (Å²) in [5, 5.41) is 0.873. The van der Waals surface area contributed by atoms with Crippen molar-refractivity contribution in [2.45, 2.75) is 13.8 Å². The molecule has 0 aliphatic heterocycles. The van der Waals surface area contributed by atoms with Gasteiger partial charge in [0.05, 0.1) is 10.0 Å². The molecule has 34 heavy (non-hydrogen) atoms. The molecule has 3 rings (SSSR count). The molecule has 2 aromatic carbocycles. The van der Waals surface area contributed by atoms with Gasteiger partial charge in [0.15, 0.2) is 6.61 Å². The van der Waals surface area contributed by atoms with Gasteiger partial charge in [0.25, 0.3) is 5.91 Å². The Labute approximate surface area is 211 Å². The number of nitrogens with zero attached hydrogens (tertiary/aromatic N) is 3. The molecule has 0 aliphatic rings. The standard InChI is InChI=1S/C26H29Cl2N3O3/c1-4-31(5-2)13-14-33-24-11-9-21(16-23(24)28)30(3)26(32)18-34-25-10-8-19(15-22(25)27)20-7-6-12-29-17-20/h6-12,15-17H,4-5,13-14,18H2,1-3H3. The molecule has 0 spiro atoms. The highest BCUT2D eigenvalue weighted by atomic mass is 35.5. The van der Waals surface area contributed by atoms with E-state index in [4.69, 9.17) is 32.7 Å². The lowest BCUT2D eigenvalue weighted by molar-refractivity contribution is -0.120. The largest absolute Gasteiger partial charge is 0.491 e. The molecular weight excluding hydrogens is 473 g/mol. The molecule has 0 aliphatic carbocycles. The molecule has 6 nitrogen and oxygen atoms in total. The normalized spacial score (nSPS) is 10.9. The minimum atomic E-state index is -0.237. The third-order valence-electron chi connectivity index (χ3n) is 5.51. The molecule has 0 bridgehead atoms. The average Bonchev–Trinajstić information content (AvgIpc) is 2.86. The van der Waals surface area contributed by atoms with E-state index in [-0.39, 0.29) is 12.5 Å². The Morgan fingerprint density at radius 3 is 2.29 bits per heavy atom. The first-order chi connectivity index (χ1) is 16.4. The Balaban J connectivity index is 1.56. The zero-order valence-corrected chi connectivity index (χ0v) is 21.1. The number of ether oxygens (including phenoxy) is 2. The summed E-state index contributed by atoms with van der Waals surface area (Å²) in [5.74, 6) is 0.792. The predicted molar refractivity (Wildman–Crippen MR) is 138 cm³/mol. The van der Waals surface area contributed by atoms with Crippen molar-refractivity contribution in [2.75, 3.05) is 44.8 Å². The summed E-state index contributed by atoms with van der Waals surface area (Å²) in [6.07, 6.45) is 3.48. The number of anilines is 1. The van der Waals surface area contributed by atoms with Crippen LogP contribution < -0.4 is 14.4 Å². The zero-order chi connectivity index (χ0) is 24.5. The number of rotatable bonds is 11. The minimum Gasteiger partial charge on any atom is -0.491 e. The third kappa shape index (κ3) is 6.86. The third-order valence-corrected chi connectivity index (χ3v) is 6.11. The Hall–Kier alpha value is -2.80. The van der Waals surface area contributed by atoms with Crippen molar-refractivity contribution in [3.05, 3.63) is 71.0 Å². The number of carbonyl (C=O) groups excluding carboxylic acids is 1. The number of hydrogen-bond donors (Lipinski definition) is 0. The molecule has 0 radical (unpaired) electrons. The van der Waals surface area contributed by atoms with Gasteiger partial charge >= 0.3 is 0 Å². The summed E-state index contributed by atoms with van der Waals surface area (Å²) >= 11 is 12.8. The van der Waals surface area contributed by atoms with Crippen LogP contribution in [0.2, 0.25) is 10.0 Å². The molecule has 0 atom stereocenters. The molecule has 0 N–H and O–H groups in total. The fourth-order valence-electron chi connectivity index (χ4n) is 3.35. The number of carbonyl (C=O) groups is 1. The molecule has 1 aromatic heterocycles. The molecule has 0 saturated heterocycles. The molecule has 1 amide bonds. The second kappa shape index (κ2) is 12.6. The van der Waals surface area contributed by atoms with Crippen LogP contribution in [0, 0.1) is 0 Å². The smallest absolute Gasteiger partial charge is 0.264 e. The summed E-state index contributed by atoms with van der Waals surface area (Å²) in [5.41, 5.74) is 2.51. The molecule has 1 heterocycles. The van der Waals surface area contributed by atoms with Gasteiger partial charge in [-0.1, -0.05) is 49.2 Å². The van der Waals surface area contributed by atoms with E-state index < -0.39 is 0 Å². The molecule has 0 fully saturated rings. The van der Waals surface area contributed by atoms with Crippen molar-refractivity contribution in [2.24, 2.45) is 0 Å². The van der Waals surface area contributed by atoms with E-state index in [9.17, 15) is 4.79 Å². The molecule has 180 valence electrons. The van der Waals surface area contributed by atoms with Crippen LogP contribution in [0.25, 0.3) is 11.1 Å². The number of amides is 1. The van der Waals surface area contributed by atoms with E-state index in [0.717, 1.165) is 30.8 Å². The van der Waals surface area contributed by atoms with E-state index in [2.05, 4.69) is 23.7 Å². The summed E-state index contributed by atoms with van der Waals surface area (Å²) < 4.78 is 11.5. The van der Waals surface area contributed by atoms with Gasteiger partial charge in [-0.05, 0) is 55.1 Å². The lowest BCUT2D eigenvalue weighted by atomic mass is 10.1. The average molecular weight is 502 g/mol. The number of hydrogen-bond acceptors (Lipinski definition) is 5. The van der Waals surface area contributed by atoms with Crippen LogP contribution in [0.5, 0.6) is 11.5 Å². The van der Waals surface area contributed by atoms with Crippen LogP contribution in [0.15, 0.2) is 60.9 Å². The highest BCUT2D eigenvalue weighted by Gasteiger charge is 2.15. The van der Waals surface area contributed by atoms with E-state index in [1.807, 2.05) is 18.2 Å². The molecular formula is C26H29Cl2N3O3. The maximum Gasteiger partial charge on any atom is 0.264 e. The number of aromatic nitrogens is 1. The Kier molecular flexibility index (Phi) is 9.57. The maximum absolute atomic E-state index is 12.7. The van der Waals surface area contributed by atoms with Gasteiger partial charge < -0.3 is 19.3 Å². The number of likely N-dealkylation sites (N-methyl/N-ethyl adjacent to an activating group) is 2. The van der Waals surface area contributed by atoms with Crippen LogP contribution in [0.4, 0.5) is 5.69 Å². The first kappa shape index (κ1) is 25.8. The topological polar surface area (TPSA) is 54.9 Å². The summed E-state index contributed by atoms with van der Waals surface area (Å²) in [4.78, 5) is 20.6. The highest BCUT2D eigenvalue weighted by Crippen LogP contribution is 2.31. The number of benzene rings is 2. The van der Waals surface area contributed by atoms with Gasteiger partial charge in [-0.15, -0.1) is 0 Å². The maximum atomic E-state index is 12.7. The Morgan fingerprint density at radius 2 is 1.65 bits per heavy atom. The first-order valence-electron chi connectivity index (χ1n) is 11.2. The highest BCUT2D eigenvalue weighted by molar-refractivity contribution is 6.32. The van der Waals surface area contributed by atoms with Crippen molar-refractivity contribution in [1.82, 2.24) is 9.88 Å². The summed E-state index contributed by atoms with van der Waals surface area (Å²) in [6.45, 7) is 7.39. The molecule has 8 heteroatoms. The van der Waals surface area contributed by atoms with Crippen LogP contribution in [0.3, 0.4) is 0 Å². The fraction of sp³-hybridized carbons (Fsp3) is 0.308. The van der Waals surface area contributed by atoms with E-state index >= 15 is 0 Å². The van der Waals surface area contributed by atoms with Crippen LogP contribution in [-0.2, 0) is 4.79 Å². The lowest BCUT2D eigenvalue weighted by Gasteiger charge is -2.20. The van der Waals surface area contributed by atoms with E-state index in [1.165, 1.54) is 4.90 Å². The molecule has 0 unspecified atom stereocenters. The Bertz CT molecular complexity index is 1090. The van der Waals surface area contributed by atoms with Crippen molar-refractivity contribution in [3.8, 4) is 22.6 Å². The molecule has 0 saturated carbocycles. The van der Waals surface area contributed by atoms with Gasteiger partial charge in [-0.2, -0.15) is 0 Å². The second-order valence-electron chi connectivity index (χ2n) is 7.62. The molecule has 3 aromatic rings. The van der Waals surface area contributed by atoms with Gasteiger partial charge in [0.2, 0.25) is 0 Å². The first-order valence-corrected chi connectivity index (χ1v) is 11.9. The van der Waals surface area contributed by atoms with Gasteiger partial charge in [-0.3, -0.25) is 9.78 Å². The minimum absolute atomic E-state index is 0.164. The number of halogens is 2. The number of pyridine rings is 1. The van der Waals surface area contributed by atoms with Crippen molar-refractivity contribution in [1.29, 1.82) is 0 Å². The van der Waals surface area contributed by atoms with Gasteiger partial charge in [0.1, 0.15) is 18.1 Å². The van der Waals surface area contributed by atoms with Gasteiger partial charge in [-0.25, -0.2) is 0 Å². The zero-order valence-electron chi connectivity index (χ0n) is 19.6. The van der Waals surface area contributed by atoms with E-state index in [0.29, 0.717) is 33.8 Å². The quantitative estimate of drug-likeness (QED) is 0.331. The Morgan fingerprint density at radius 1 is 0.941 bits per heavy atom. The lowest BCUT2D eigenvalue weighted by Crippen LogP contribution is -2.31. The predicted octanol–water partition coefficient (Wildman–Crippen LogP) is 5.82. The fourth-order valence-corrected chi connectivity index (χ4v) is 3.82. The van der Waals surface area contributed by atoms with Crippen molar-refractivity contribution in [3.63, 3.8) is 0 Å². The van der Waals surface area contributed by atoms with Gasteiger partial charge in [0, 0.05) is 37.2 Å².